The fraction of sp³-hybridized carbons (Fsp3) is 0.385. The molecule has 2 heterocycles. The lowest BCUT2D eigenvalue weighted by molar-refractivity contribution is 0.189. The summed E-state index contributed by atoms with van der Waals surface area (Å²) in [6.07, 6.45) is 4.41. The minimum Gasteiger partial charge on any atom is -0.397 e. The van der Waals surface area contributed by atoms with Gasteiger partial charge in [-0.15, -0.1) is 0 Å². The maximum absolute atomic E-state index is 5.78. The third-order valence-electron chi connectivity index (χ3n) is 2.85. The molecule has 0 aliphatic carbocycles. The number of methoxy groups -OCH3 is 1. The average molecular weight is 246 g/mol. The highest BCUT2D eigenvalue weighted by Crippen LogP contribution is 2.20. The second-order valence-corrected chi connectivity index (χ2v) is 4.21. The number of rotatable bonds is 5. The van der Waals surface area contributed by atoms with Gasteiger partial charge in [0.25, 0.3) is 0 Å². The van der Waals surface area contributed by atoms with Crippen molar-refractivity contribution in [2.24, 2.45) is 0 Å². The molecule has 2 aromatic heterocycles. The third-order valence-corrected chi connectivity index (χ3v) is 2.85. The zero-order chi connectivity index (χ0) is 13.0. The van der Waals surface area contributed by atoms with Gasteiger partial charge in [0.15, 0.2) is 0 Å². The molecule has 2 rings (SSSR count). The number of anilines is 1. The Kier molecular flexibility index (Phi) is 3.94. The van der Waals surface area contributed by atoms with Crippen molar-refractivity contribution < 1.29 is 4.74 Å². The summed E-state index contributed by atoms with van der Waals surface area (Å²) in [5.74, 6) is 0. The van der Waals surface area contributed by atoms with Gasteiger partial charge in [-0.3, -0.25) is 9.67 Å². The third kappa shape index (κ3) is 2.68. The second-order valence-electron chi connectivity index (χ2n) is 4.21. The number of hydrogen-bond donors (Lipinski definition) is 1. The lowest BCUT2D eigenvalue weighted by Crippen LogP contribution is -2.05. The minimum absolute atomic E-state index is 0.712. The lowest BCUT2D eigenvalue weighted by Gasteiger charge is -2.08. The number of nitrogens with zero attached hydrogens (tertiary/aromatic N) is 3. The van der Waals surface area contributed by atoms with E-state index in [1.807, 2.05) is 23.7 Å². The van der Waals surface area contributed by atoms with E-state index in [0.717, 1.165) is 36.5 Å². The maximum Gasteiger partial charge on any atom is 0.0887 e. The Balaban J connectivity index is 2.22. The summed E-state index contributed by atoms with van der Waals surface area (Å²) in [4.78, 5) is 4.35. The molecule has 0 saturated carbocycles. The molecule has 0 bridgehead atoms. The van der Waals surface area contributed by atoms with Gasteiger partial charge in [-0.25, -0.2) is 0 Å². The molecule has 0 aliphatic rings. The van der Waals surface area contributed by atoms with E-state index < -0.39 is 0 Å². The molecule has 5 nitrogen and oxygen atoms in total. The Labute approximate surface area is 107 Å². The zero-order valence-corrected chi connectivity index (χ0v) is 10.8. The molecule has 5 heteroatoms. The van der Waals surface area contributed by atoms with E-state index in [4.69, 9.17) is 10.5 Å². The molecule has 0 spiro atoms. The van der Waals surface area contributed by atoms with Crippen molar-refractivity contribution in [2.75, 3.05) is 19.5 Å². The highest BCUT2D eigenvalue weighted by atomic mass is 16.5. The van der Waals surface area contributed by atoms with Gasteiger partial charge in [0.2, 0.25) is 0 Å². The number of nitrogen functional groups attached to an aromatic ring is 1. The Morgan fingerprint density at radius 2 is 2.28 bits per heavy atom. The summed E-state index contributed by atoms with van der Waals surface area (Å²) in [6.45, 7) is 3.53. The molecular formula is C13H18N4O. The summed E-state index contributed by atoms with van der Waals surface area (Å²) < 4.78 is 6.99. The van der Waals surface area contributed by atoms with Crippen molar-refractivity contribution in [3.63, 3.8) is 0 Å². The molecule has 2 N–H and O–H groups in total. The molecule has 0 unspecified atom stereocenters. The van der Waals surface area contributed by atoms with E-state index in [0.29, 0.717) is 5.69 Å². The van der Waals surface area contributed by atoms with Gasteiger partial charge < -0.3 is 10.5 Å². The maximum atomic E-state index is 5.78. The molecule has 18 heavy (non-hydrogen) atoms. The van der Waals surface area contributed by atoms with Crippen molar-refractivity contribution in [3.05, 3.63) is 30.1 Å². The van der Waals surface area contributed by atoms with Gasteiger partial charge in [-0.1, -0.05) is 0 Å². The molecule has 0 saturated heterocycles. The number of ether oxygens (including phenoxy) is 1. The Morgan fingerprint density at radius 1 is 1.44 bits per heavy atom. The molecule has 0 aromatic carbocycles. The topological polar surface area (TPSA) is 66.0 Å². The van der Waals surface area contributed by atoms with Crippen molar-refractivity contribution in [3.8, 4) is 11.4 Å². The zero-order valence-electron chi connectivity index (χ0n) is 10.8. The first kappa shape index (κ1) is 12.6. The van der Waals surface area contributed by atoms with Crippen LogP contribution in [0.3, 0.4) is 0 Å². The standard InChI is InChI=1S/C13H18N4O/c1-10-8-12(15-9-11(10)14)13-4-5-16-17(13)6-3-7-18-2/h4-5,8-9H,3,6-7,14H2,1-2H3. The summed E-state index contributed by atoms with van der Waals surface area (Å²) in [5.41, 5.74) is 9.43. The first-order valence-corrected chi connectivity index (χ1v) is 5.95. The van der Waals surface area contributed by atoms with Gasteiger partial charge in [-0.05, 0) is 31.0 Å². The second kappa shape index (κ2) is 5.64. The predicted octanol–water partition coefficient (Wildman–Crippen LogP) is 1.87. The van der Waals surface area contributed by atoms with E-state index in [2.05, 4.69) is 10.1 Å². The Bertz CT molecular complexity index is 521. The van der Waals surface area contributed by atoms with E-state index in [9.17, 15) is 0 Å². The molecule has 0 atom stereocenters. The highest BCUT2D eigenvalue weighted by Gasteiger charge is 2.07. The molecule has 0 amide bonds. The van der Waals surface area contributed by atoms with Gasteiger partial charge >= 0.3 is 0 Å². The first-order valence-electron chi connectivity index (χ1n) is 5.95. The number of pyridine rings is 1. The first-order chi connectivity index (χ1) is 8.72. The van der Waals surface area contributed by atoms with Crippen molar-refractivity contribution in [1.82, 2.24) is 14.8 Å². The fourth-order valence-electron chi connectivity index (χ4n) is 1.79. The van der Waals surface area contributed by atoms with Crippen LogP contribution in [0.5, 0.6) is 0 Å². The molecule has 0 radical (unpaired) electrons. The summed E-state index contributed by atoms with van der Waals surface area (Å²) >= 11 is 0. The molecule has 0 fully saturated rings. The summed E-state index contributed by atoms with van der Waals surface area (Å²) in [5, 5.41) is 4.31. The normalized spacial score (nSPS) is 10.8. The van der Waals surface area contributed by atoms with Gasteiger partial charge in [0.1, 0.15) is 0 Å². The summed E-state index contributed by atoms with van der Waals surface area (Å²) in [7, 11) is 1.70. The Hall–Kier alpha value is -1.88. The lowest BCUT2D eigenvalue weighted by atomic mass is 10.2. The van der Waals surface area contributed by atoms with Gasteiger partial charge in [0.05, 0.1) is 23.3 Å². The van der Waals surface area contributed by atoms with Crippen LogP contribution in [0.1, 0.15) is 12.0 Å². The van der Waals surface area contributed by atoms with Crippen LogP contribution in [0.15, 0.2) is 24.5 Å². The van der Waals surface area contributed by atoms with Crippen LogP contribution in [0.25, 0.3) is 11.4 Å². The minimum atomic E-state index is 0.712. The number of aryl methyl sites for hydroxylation is 2. The number of aromatic nitrogens is 3. The van der Waals surface area contributed by atoms with E-state index >= 15 is 0 Å². The van der Waals surface area contributed by atoms with Crippen molar-refractivity contribution in [2.45, 2.75) is 19.9 Å². The highest BCUT2D eigenvalue weighted by molar-refractivity contribution is 5.59. The van der Waals surface area contributed by atoms with Crippen LogP contribution in [0, 0.1) is 6.92 Å². The fourth-order valence-corrected chi connectivity index (χ4v) is 1.79. The van der Waals surface area contributed by atoms with Crippen LogP contribution in [0.4, 0.5) is 5.69 Å². The average Bonchev–Trinajstić information content (AvgIpc) is 2.81. The molecule has 2 aromatic rings. The van der Waals surface area contributed by atoms with Crippen LogP contribution >= 0.6 is 0 Å². The van der Waals surface area contributed by atoms with Gasteiger partial charge in [0, 0.05) is 26.5 Å². The molecular weight excluding hydrogens is 228 g/mol. The predicted molar refractivity (Wildman–Crippen MR) is 71.1 cm³/mol. The van der Waals surface area contributed by atoms with E-state index in [1.54, 1.807) is 19.5 Å². The van der Waals surface area contributed by atoms with Crippen LogP contribution in [0.2, 0.25) is 0 Å². The Morgan fingerprint density at radius 3 is 3.00 bits per heavy atom. The van der Waals surface area contributed by atoms with Crippen LogP contribution in [-0.2, 0) is 11.3 Å². The van der Waals surface area contributed by atoms with Crippen molar-refractivity contribution in [1.29, 1.82) is 0 Å². The molecule has 0 aliphatic heterocycles. The monoisotopic (exact) mass is 246 g/mol. The number of nitrogens with two attached hydrogens (primary N) is 1. The largest absolute Gasteiger partial charge is 0.397 e. The smallest absolute Gasteiger partial charge is 0.0887 e. The summed E-state index contributed by atoms with van der Waals surface area (Å²) in [6, 6.07) is 3.95. The van der Waals surface area contributed by atoms with Gasteiger partial charge in [-0.2, -0.15) is 5.10 Å². The SMILES string of the molecule is COCCCn1nccc1-c1cc(C)c(N)cn1. The quantitative estimate of drug-likeness (QED) is 0.818. The van der Waals surface area contributed by atoms with Crippen LogP contribution in [-0.4, -0.2) is 28.5 Å². The van der Waals surface area contributed by atoms with Crippen molar-refractivity contribution >= 4 is 5.69 Å². The van der Waals surface area contributed by atoms with E-state index in [1.165, 1.54) is 0 Å². The molecule has 96 valence electrons. The number of hydrogen-bond acceptors (Lipinski definition) is 4. The van der Waals surface area contributed by atoms with E-state index in [-0.39, 0.29) is 0 Å². The van der Waals surface area contributed by atoms with Crippen LogP contribution < -0.4 is 5.73 Å².